The third kappa shape index (κ3) is 3.58. The molecule has 3 N–H and O–H groups in total. The summed E-state index contributed by atoms with van der Waals surface area (Å²) in [5, 5.41) is 3.30. The van der Waals surface area contributed by atoms with Crippen LogP contribution in [0.3, 0.4) is 0 Å². The first-order valence-electron chi connectivity index (χ1n) is 7.51. The SMILES string of the molecule is Nc1cc(C(=O)c2ccccc2)ccc1NCc1ccccc1. The first-order valence-corrected chi connectivity index (χ1v) is 7.51. The molecule has 0 atom stereocenters. The van der Waals surface area contributed by atoms with Crippen molar-refractivity contribution in [1.29, 1.82) is 0 Å². The minimum Gasteiger partial charge on any atom is -0.397 e. The van der Waals surface area contributed by atoms with Crippen molar-refractivity contribution in [2.24, 2.45) is 0 Å². The number of nitrogens with two attached hydrogens (primary N) is 1. The van der Waals surface area contributed by atoms with Gasteiger partial charge in [-0.3, -0.25) is 4.79 Å². The number of ketones is 1. The van der Waals surface area contributed by atoms with E-state index in [0.29, 0.717) is 23.4 Å². The Morgan fingerprint density at radius 2 is 1.48 bits per heavy atom. The van der Waals surface area contributed by atoms with Gasteiger partial charge in [-0.2, -0.15) is 0 Å². The number of nitrogens with one attached hydrogen (secondary N) is 1. The zero-order chi connectivity index (χ0) is 16.1. The van der Waals surface area contributed by atoms with Crippen LogP contribution in [0.25, 0.3) is 0 Å². The number of anilines is 2. The molecule has 3 aromatic carbocycles. The molecule has 0 aromatic heterocycles. The minimum atomic E-state index is -0.0214. The number of benzene rings is 3. The predicted molar refractivity (Wildman–Crippen MR) is 94.5 cm³/mol. The second-order valence-electron chi connectivity index (χ2n) is 5.34. The summed E-state index contributed by atoms with van der Waals surface area (Å²) < 4.78 is 0. The van der Waals surface area contributed by atoms with Crippen molar-refractivity contribution >= 4 is 17.2 Å². The van der Waals surface area contributed by atoms with Crippen LogP contribution < -0.4 is 11.1 Å². The molecular formula is C20H18N2O. The molecule has 0 saturated heterocycles. The Morgan fingerprint density at radius 3 is 2.13 bits per heavy atom. The first-order chi connectivity index (χ1) is 11.2. The van der Waals surface area contributed by atoms with Crippen molar-refractivity contribution in [3.05, 3.63) is 95.6 Å². The van der Waals surface area contributed by atoms with E-state index in [-0.39, 0.29) is 5.78 Å². The summed E-state index contributed by atoms with van der Waals surface area (Å²) in [7, 11) is 0. The van der Waals surface area contributed by atoms with E-state index in [1.165, 1.54) is 5.56 Å². The van der Waals surface area contributed by atoms with Crippen LogP contribution in [0.15, 0.2) is 78.9 Å². The monoisotopic (exact) mass is 302 g/mol. The minimum absolute atomic E-state index is 0.0214. The molecule has 3 heteroatoms. The highest BCUT2D eigenvalue weighted by atomic mass is 16.1. The third-order valence-electron chi connectivity index (χ3n) is 3.68. The molecule has 0 spiro atoms. The highest BCUT2D eigenvalue weighted by molar-refractivity contribution is 6.09. The summed E-state index contributed by atoms with van der Waals surface area (Å²) >= 11 is 0. The summed E-state index contributed by atoms with van der Waals surface area (Å²) in [4.78, 5) is 12.4. The lowest BCUT2D eigenvalue weighted by Crippen LogP contribution is -2.05. The molecule has 0 amide bonds. The zero-order valence-electron chi connectivity index (χ0n) is 12.7. The normalized spacial score (nSPS) is 10.3. The fraction of sp³-hybridized carbons (Fsp3) is 0.0500. The lowest BCUT2D eigenvalue weighted by atomic mass is 10.0. The molecule has 3 nitrogen and oxygen atoms in total. The summed E-state index contributed by atoms with van der Waals surface area (Å²) in [5.41, 5.74) is 9.93. The van der Waals surface area contributed by atoms with E-state index in [0.717, 1.165) is 5.69 Å². The van der Waals surface area contributed by atoms with Crippen LogP contribution >= 0.6 is 0 Å². The molecule has 23 heavy (non-hydrogen) atoms. The van der Waals surface area contributed by atoms with Gasteiger partial charge < -0.3 is 11.1 Å². The highest BCUT2D eigenvalue weighted by Crippen LogP contribution is 2.22. The van der Waals surface area contributed by atoms with Gasteiger partial charge in [0, 0.05) is 17.7 Å². The van der Waals surface area contributed by atoms with Gasteiger partial charge in [-0.1, -0.05) is 60.7 Å². The summed E-state index contributed by atoms with van der Waals surface area (Å²) in [5.74, 6) is -0.0214. The number of carbonyl (C=O) groups excluding carboxylic acids is 1. The van der Waals surface area contributed by atoms with Crippen LogP contribution in [0.2, 0.25) is 0 Å². The fourth-order valence-electron chi connectivity index (χ4n) is 2.41. The van der Waals surface area contributed by atoms with Gasteiger partial charge >= 0.3 is 0 Å². The van der Waals surface area contributed by atoms with Crippen LogP contribution in [0, 0.1) is 0 Å². The van der Waals surface area contributed by atoms with Gasteiger partial charge in [0.2, 0.25) is 0 Å². The van der Waals surface area contributed by atoms with Crippen molar-refractivity contribution in [2.45, 2.75) is 6.54 Å². The van der Waals surface area contributed by atoms with Gasteiger partial charge in [-0.15, -0.1) is 0 Å². The molecule has 0 fully saturated rings. The summed E-state index contributed by atoms with van der Waals surface area (Å²) in [6.45, 7) is 0.691. The van der Waals surface area contributed by atoms with Crippen LogP contribution in [0.1, 0.15) is 21.5 Å². The van der Waals surface area contributed by atoms with Crippen molar-refractivity contribution < 1.29 is 4.79 Å². The summed E-state index contributed by atoms with van der Waals surface area (Å²) in [6, 6.07) is 24.7. The van der Waals surface area contributed by atoms with E-state index >= 15 is 0 Å². The van der Waals surface area contributed by atoms with Crippen molar-refractivity contribution in [3.8, 4) is 0 Å². The second kappa shape index (κ2) is 6.79. The molecule has 0 radical (unpaired) electrons. The zero-order valence-corrected chi connectivity index (χ0v) is 12.7. The largest absolute Gasteiger partial charge is 0.397 e. The smallest absolute Gasteiger partial charge is 0.193 e. The number of rotatable bonds is 5. The van der Waals surface area contributed by atoms with E-state index in [2.05, 4.69) is 17.4 Å². The van der Waals surface area contributed by atoms with Gasteiger partial charge in [0.1, 0.15) is 0 Å². The lowest BCUT2D eigenvalue weighted by molar-refractivity contribution is 0.103. The molecule has 0 bridgehead atoms. The maximum absolute atomic E-state index is 12.4. The number of hydrogen-bond donors (Lipinski definition) is 2. The van der Waals surface area contributed by atoms with Crippen molar-refractivity contribution in [3.63, 3.8) is 0 Å². The number of nitrogen functional groups attached to an aromatic ring is 1. The Kier molecular flexibility index (Phi) is 4.39. The Morgan fingerprint density at radius 1 is 0.826 bits per heavy atom. The van der Waals surface area contributed by atoms with Gasteiger partial charge in [0.25, 0.3) is 0 Å². The average Bonchev–Trinajstić information content (AvgIpc) is 2.61. The first kappa shape index (κ1) is 14.9. The molecular weight excluding hydrogens is 284 g/mol. The Bertz CT molecular complexity index is 798. The lowest BCUT2D eigenvalue weighted by Gasteiger charge is -2.11. The van der Waals surface area contributed by atoms with Crippen LogP contribution in [0.5, 0.6) is 0 Å². The number of hydrogen-bond acceptors (Lipinski definition) is 3. The Balaban J connectivity index is 1.74. The molecule has 0 heterocycles. The molecule has 3 rings (SSSR count). The average molecular weight is 302 g/mol. The maximum Gasteiger partial charge on any atom is 0.193 e. The van der Waals surface area contributed by atoms with E-state index < -0.39 is 0 Å². The number of carbonyl (C=O) groups is 1. The molecule has 0 aliphatic carbocycles. The Hall–Kier alpha value is -3.07. The molecule has 3 aromatic rings. The van der Waals surface area contributed by atoms with Crippen molar-refractivity contribution in [2.75, 3.05) is 11.1 Å². The van der Waals surface area contributed by atoms with Gasteiger partial charge in [-0.25, -0.2) is 0 Å². The molecule has 114 valence electrons. The van der Waals surface area contributed by atoms with E-state index in [1.807, 2.05) is 42.5 Å². The molecule has 0 unspecified atom stereocenters. The van der Waals surface area contributed by atoms with Gasteiger partial charge in [0.05, 0.1) is 11.4 Å². The van der Waals surface area contributed by atoms with Gasteiger partial charge in [0.15, 0.2) is 5.78 Å². The molecule has 0 aliphatic heterocycles. The topological polar surface area (TPSA) is 55.1 Å². The van der Waals surface area contributed by atoms with Crippen LogP contribution in [0.4, 0.5) is 11.4 Å². The standard InChI is InChI=1S/C20H18N2O/c21-18-13-17(20(23)16-9-5-2-6-10-16)11-12-19(18)22-14-15-7-3-1-4-8-15/h1-13,22H,14,21H2. The summed E-state index contributed by atoms with van der Waals surface area (Å²) in [6.07, 6.45) is 0. The second-order valence-corrected chi connectivity index (χ2v) is 5.34. The van der Waals surface area contributed by atoms with Gasteiger partial charge in [-0.05, 0) is 23.8 Å². The third-order valence-corrected chi connectivity index (χ3v) is 3.68. The molecule has 0 aliphatic rings. The quantitative estimate of drug-likeness (QED) is 0.551. The van der Waals surface area contributed by atoms with Crippen LogP contribution in [-0.2, 0) is 6.54 Å². The predicted octanol–water partition coefficient (Wildman–Crippen LogP) is 4.11. The van der Waals surface area contributed by atoms with E-state index in [4.69, 9.17) is 5.73 Å². The van der Waals surface area contributed by atoms with Crippen LogP contribution in [-0.4, -0.2) is 5.78 Å². The van der Waals surface area contributed by atoms with E-state index in [9.17, 15) is 4.79 Å². The fourth-order valence-corrected chi connectivity index (χ4v) is 2.41. The molecule has 0 saturated carbocycles. The highest BCUT2D eigenvalue weighted by Gasteiger charge is 2.10. The van der Waals surface area contributed by atoms with Crippen molar-refractivity contribution in [1.82, 2.24) is 0 Å². The Labute approximate surface area is 135 Å². The maximum atomic E-state index is 12.4. The van der Waals surface area contributed by atoms with E-state index in [1.54, 1.807) is 24.3 Å².